The molecule has 0 aliphatic rings. The number of benzene rings is 1. The monoisotopic (exact) mass is 537 g/mol. The molecule has 5 unspecified atom stereocenters. The number of carboxylic acid groups (broad SMARTS) is 2. The highest BCUT2D eigenvalue weighted by Crippen LogP contribution is 2.13. The van der Waals surface area contributed by atoms with Crippen LogP contribution in [0.3, 0.4) is 0 Å². The molecule has 13 heteroatoms. The number of phenolic OH excluding ortho intramolecular Hbond substituents is 1. The van der Waals surface area contributed by atoms with Crippen LogP contribution in [0, 0.1) is 5.92 Å². The van der Waals surface area contributed by atoms with Crippen molar-refractivity contribution in [1.29, 1.82) is 0 Å². The van der Waals surface area contributed by atoms with Gasteiger partial charge in [0.2, 0.25) is 17.7 Å². The predicted octanol–water partition coefficient (Wildman–Crippen LogP) is -0.549. The zero-order chi connectivity index (χ0) is 28.8. The Morgan fingerprint density at radius 1 is 0.895 bits per heavy atom. The van der Waals surface area contributed by atoms with Gasteiger partial charge in [-0.1, -0.05) is 32.4 Å². The number of unbranched alkanes of at least 4 members (excludes halogenated alkanes) is 1. The van der Waals surface area contributed by atoms with Crippen molar-refractivity contribution in [1.82, 2.24) is 16.0 Å². The van der Waals surface area contributed by atoms with E-state index in [0.29, 0.717) is 31.4 Å². The molecule has 10 N–H and O–H groups in total. The standard InChI is InChI=1S/C25H39N5O8/c1-3-14(2)21(30-22(34)17(27)13-20(32)33)24(36)28-18(6-4-5-11-26)23(35)29-19(25(37)38)12-15-7-9-16(31)10-8-15/h7-10,14,17-19,21,31H,3-6,11-13,26-27H2,1-2H3,(H,28,36)(H,29,35)(H,30,34)(H,32,33)(H,37,38). The van der Waals surface area contributed by atoms with Gasteiger partial charge in [0.05, 0.1) is 12.5 Å². The number of carbonyl (C=O) groups excluding carboxylic acids is 3. The largest absolute Gasteiger partial charge is 0.508 e. The molecule has 0 saturated carbocycles. The molecule has 0 radical (unpaired) electrons. The lowest BCUT2D eigenvalue weighted by Gasteiger charge is -2.28. The molecule has 13 nitrogen and oxygen atoms in total. The molecule has 38 heavy (non-hydrogen) atoms. The van der Waals surface area contributed by atoms with Crippen LogP contribution in [0.4, 0.5) is 0 Å². The van der Waals surface area contributed by atoms with E-state index in [1.807, 2.05) is 0 Å². The maximum absolute atomic E-state index is 13.2. The van der Waals surface area contributed by atoms with Gasteiger partial charge in [-0.15, -0.1) is 0 Å². The predicted molar refractivity (Wildman–Crippen MR) is 138 cm³/mol. The molecule has 0 spiro atoms. The van der Waals surface area contributed by atoms with Crippen LogP contribution in [0.1, 0.15) is 51.5 Å². The number of hydrogen-bond acceptors (Lipinski definition) is 8. The third-order valence-corrected chi connectivity index (χ3v) is 6.10. The van der Waals surface area contributed by atoms with Crippen molar-refractivity contribution < 1.29 is 39.3 Å². The van der Waals surface area contributed by atoms with E-state index in [1.54, 1.807) is 13.8 Å². The second-order valence-electron chi connectivity index (χ2n) is 9.19. The number of amides is 3. The van der Waals surface area contributed by atoms with Gasteiger partial charge < -0.3 is 42.7 Å². The molecule has 1 aromatic carbocycles. The minimum absolute atomic E-state index is 0.0132. The number of carbonyl (C=O) groups is 5. The Morgan fingerprint density at radius 3 is 2.03 bits per heavy atom. The quantitative estimate of drug-likeness (QED) is 0.118. The van der Waals surface area contributed by atoms with E-state index in [4.69, 9.17) is 16.6 Å². The molecule has 212 valence electrons. The van der Waals surface area contributed by atoms with Crippen LogP contribution < -0.4 is 27.4 Å². The lowest BCUT2D eigenvalue weighted by Crippen LogP contribution is -2.58. The molecule has 0 heterocycles. The van der Waals surface area contributed by atoms with Crippen molar-refractivity contribution in [2.24, 2.45) is 17.4 Å². The van der Waals surface area contributed by atoms with Crippen LogP contribution >= 0.6 is 0 Å². The smallest absolute Gasteiger partial charge is 0.326 e. The number of nitrogens with two attached hydrogens (primary N) is 2. The van der Waals surface area contributed by atoms with Crippen molar-refractivity contribution in [3.63, 3.8) is 0 Å². The Balaban J connectivity index is 3.05. The van der Waals surface area contributed by atoms with Gasteiger partial charge in [-0.2, -0.15) is 0 Å². The molecule has 0 aliphatic carbocycles. The van der Waals surface area contributed by atoms with Gasteiger partial charge in [0, 0.05) is 6.42 Å². The fourth-order valence-corrected chi connectivity index (χ4v) is 3.61. The van der Waals surface area contributed by atoms with E-state index in [1.165, 1.54) is 24.3 Å². The molecule has 0 bridgehead atoms. The van der Waals surface area contributed by atoms with Crippen molar-refractivity contribution in [3.05, 3.63) is 29.8 Å². The van der Waals surface area contributed by atoms with Crippen LogP contribution in [0.5, 0.6) is 5.75 Å². The van der Waals surface area contributed by atoms with Gasteiger partial charge >= 0.3 is 11.9 Å². The summed E-state index contributed by atoms with van der Waals surface area (Å²) in [6, 6.07) is 0.969. The van der Waals surface area contributed by atoms with Gasteiger partial charge in [-0.3, -0.25) is 19.2 Å². The molecule has 1 rings (SSSR count). The van der Waals surface area contributed by atoms with Gasteiger partial charge in [0.15, 0.2) is 0 Å². The Morgan fingerprint density at radius 2 is 1.50 bits per heavy atom. The number of phenols is 1. The average molecular weight is 538 g/mol. The lowest BCUT2D eigenvalue weighted by atomic mass is 9.96. The summed E-state index contributed by atoms with van der Waals surface area (Å²) in [5.74, 6) is -5.15. The maximum atomic E-state index is 13.2. The van der Waals surface area contributed by atoms with Crippen LogP contribution in [0.2, 0.25) is 0 Å². The lowest BCUT2D eigenvalue weighted by molar-refractivity contribution is -0.142. The van der Waals surface area contributed by atoms with Crippen molar-refractivity contribution in [2.45, 2.75) is 76.5 Å². The molecule has 0 aromatic heterocycles. The first kappa shape index (κ1) is 32.3. The highest BCUT2D eigenvalue weighted by atomic mass is 16.4. The van der Waals surface area contributed by atoms with E-state index in [0.717, 1.165) is 0 Å². The highest BCUT2D eigenvalue weighted by Gasteiger charge is 2.32. The summed E-state index contributed by atoms with van der Waals surface area (Å²) in [6.45, 7) is 3.85. The summed E-state index contributed by atoms with van der Waals surface area (Å²) in [6.07, 6.45) is 0.990. The van der Waals surface area contributed by atoms with Crippen molar-refractivity contribution >= 4 is 29.7 Å². The summed E-state index contributed by atoms with van der Waals surface area (Å²) < 4.78 is 0. The normalized spacial score (nSPS) is 14.8. The first-order valence-corrected chi connectivity index (χ1v) is 12.5. The summed E-state index contributed by atoms with van der Waals surface area (Å²) in [5.41, 5.74) is 11.7. The van der Waals surface area contributed by atoms with Crippen molar-refractivity contribution in [3.8, 4) is 5.75 Å². The van der Waals surface area contributed by atoms with E-state index in [2.05, 4.69) is 16.0 Å². The molecule has 0 saturated heterocycles. The first-order chi connectivity index (χ1) is 17.9. The Bertz CT molecular complexity index is 956. The third kappa shape index (κ3) is 11.1. The number of hydrogen-bond donors (Lipinski definition) is 8. The highest BCUT2D eigenvalue weighted by molar-refractivity contribution is 5.94. The second-order valence-corrected chi connectivity index (χ2v) is 9.19. The minimum Gasteiger partial charge on any atom is -0.508 e. The molecule has 1 aromatic rings. The fraction of sp³-hybridized carbons (Fsp3) is 0.560. The van der Waals surface area contributed by atoms with Gasteiger partial charge in [0.25, 0.3) is 0 Å². The van der Waals surface area contributed by atoms with E-state index < -0.39 is 60.2 Å². The number of aliphatic carboxylic acids is 2. The molecule has 5 atom stereocenters. The topological polar surface area (TPSA) is 234 Å². The third-order valence-electron chi connectivity index (χ3n) is 6.10. The minimum atomic E-state index is -1.37. The molecular weight excluding hydrogens is 498 g/mol. The maximum Gasteiger partial charge on any atom is 0.326 e. The van der Waals surface area contributed by atoms with Gasteiger partial charge in [-0.05, 0) is 49.4 Å². The Kier molecular flexibility index (Phi) is 13.8. The second kappa shape index (κ2) is 16.2. The van der Waals surface area contributed by atoms with E-state index >= 15 is 0 Å². The van der Waals surface area contributed by atoms with Crippen LogP contribution in [-0.4, -0.2) is 75.7 Å². The van der Waals surface area contributed by atoms with Crippen LogP contribution in [-0.2, 0) is 30.4 Å². The van der Waals surface area contributed by atoms with Gasteiger partial charge in [0.1, 0.15) is 23.9 Å². The zero-order valence-electron chi connectivity index (χ0n) is 21.7. The SMILES string of the molecule is CCC(C)C(NC(=O)C(N)CC(=O)O)C(=O)NC(CCCCN)C(=O)NC(Cc1ccc(O)cc1)C(=O)O. The molecular formula is C25H39N5O8. The molecule has 0 aliphatic heterocycles. The first-order valence-electron chi connectivity index (χ1n) is 12.5. The summed E-state index contributed by atoms with van der Waals surface area (Å²) in [4.78, 5) is 61.4. The number of nitrogens with one attached hydrogen (secondary N) is 3. The number of rotatable bonds is 17. The van der Waals surface area contributed by atoms with Crippen LogP contribution in [0.15, 0.2) is 24.3 Å². The summed E-state index contributed by atoms with van der Waals surface area (Å²) in [7, 11) is 0. The number of aromatic hydroxyl groups is 1. The van der Waals surface area contributed by atoms with E-state index in [9.17, 15) is 34.2 Å². The van der Waals surface area contributed by atoms with E-state index in [-0.39, 0.29) is 24.5 Å². The fourth-order valence-electron chi connectivity index (χ4n) is 3.61. The van der Waals surface area contributed by atoms with Gasteiger partial charge in [-0.25, -0.2) is 4.79 Å². The Labute approximate surface area is 221 Å². The molecule has 0 fully saturated rings. The Hall–Kier alpha value is -3.71. The number of carboxylic acids is 2. The summed E-state index contributed by atoms with van der Waals surface area (Å²) >= 11 is 0. The summed E-state index contributed by atoms with van der Waals surface area (Å²) in [5, 5.41) is 35.5. The van der Waals surface area contributed by atoms with Crippen molar-refractivity contribution in [2.75, 3.05) is 6.54 Å². The van der Waals surface area contributed by atoms with Crippen LogP contribution in [0.25, 0.3) is 0 Å². The average Bonchev–Trinajstić information content (AvgIpc) is 2.86. The molecule has 3 amide bonds. The zero-order valence-corrected chi connectivity index (χ0v) is 21.7.